The van der Waals surface area contributed by atoms with Crippen LogP contribution >= 0.6 is 0 Å². The highest BCUT2D eigenvalue weighted by Crippen LogP contribution is 2.25. The molecule has 2 rings (SSSR count). The number of nitrogens with two attached hydrogens (primary N) is 1. The summed E-state index contributed by atoms with van der Waals surface area (Å²) in [6.07, 6.45) is 0.976. The van der Waals surface area contributed by atoms with Crippen LogP contribution < -0.4 is 16.0 Å². The molecule has 1 saturated heterocycles. The topological polar surface area (TPSA) is 67.6 Å². The van der Waals surface area contributed by atoms with Crippen molar-refractivity contribution in [2.45, 2.75) is 6.42 Å². The maximum atomic E-state index is 11.6. The average Bonchev–Trinajstić information content (AvgIpc) is 2.67. The van der Waals surface area contributed by atoms with Crippen LogP contribution in [0.4, 0.5) is 11.4 Å². The molecule has 0 unspecified atom stereocenters. The number of nitrogens with zero attached hydrogens (tertiary/aromatic N) is 1. The zero-order valence-electron chi connectivity index (χ0n) is 10.6. The largest absolute Gasteiger partial charge is 0.397 e. The van der Waals surface area contributed by atoms with Gasteiger partial charge in [-0.2, -0.15) is 0 Å². The lowest BCUT2D eigenvalue weighted by molar-refractivity contribution is 0.0963. The molecule has 5 heteroatoms. The molecule has 0 atom stereocenters. The third-order valence-corrected chi connectivity index (χ3v) is 3.08. The molecular weight excluding hydrogens is 230 g/mol. The highest BCUT2D eigenvalue weighted by Gasteiger charge is 2.14. The Bertz CT molecular complexity index is 426. The number of hydrogen-bond acceptors (Lipinski definition) is 4. The highest BCUT2D eigenvalue weighted by molar-refractivity contribution is 5.96. The first-order valence-electron chi connectivity index (χ1n) is 6.16. The molecule has 0 spiro atoms. The summed E-state index contributed by atoms with van der Waals surface area (Å²) in [5.41, 5.74) is 8.25. The molecule has 0 radical (unpaired) electrons. The number of carbonyl (C=O) groups excluding carboxylic acids is 1. The van der Waals surface area contributed by atoms with Gasteiger partial charge >= 0.3 is 0 Å². The van der Waals surface area contributed by atoms with E-state index >= 15 is 0 Å². The van der Waals surface area contributed by atoms with Crippen molar-refractivity contribution in [1.29, 1.82) is 0 Å². The molecule has 5 nitrogen and oxygen atoms in total. The third kappa shape index (κ3) is 2.73. The third-order valence-electron chi connectivity index (χ3n) is 3.08. The van der Waals surface area contributed by atoms with E-state index in [2.05, 4.69) is 10.2 Å². The number of hydrogen-bond donors (Lipinski definition) is 2. The SMILES string of the molecule is CNC(=O)c1ccc(N)c(N2CCCOCC2)c1. The molecule has 0 aliphatic carbocycles. The van der Waals surface area contributed by atoms with Gasteiger partial charge in [0.05, 0.1) is 18.0 Å². The van der Waals surface area contributed by atoms with Gasteiger partial charge in [-0.1, -0.05) is 0 Å². The van der Waals surface area contributed by atoms with Gasteiger partial charge < -0.3 is 20.7 Å². The van der Waals surface area contributed by atoms with Gasteiger partial charge in [-0.05, 0) is 24.6 Å². The quantitative estimate of drug-likeness (QED) is 0.763. The number of benzene rings is 1. The van der Waals surface area contributed by atoms with Crippen molar-refractivity contribution in [3.8, 4) is 0 Å². The summed E-state index contributed by atoms with van der Waals surface area (Å²) in [6, 6.07) is 5.37. The van der Waals surface area contributed by atoms with Gasteiger partial charge in [0.25, 0.3) is 5.91 Å². The molecule has 0 aromatic heterocycles. The Hall–Kier alpha value is -1.75. The predicted molar refractivity (Wildman–Crippen MR) is 71.9 cm³/mol. The maximum absolute atomic E-state index is 11.6. The summed E-state index contributed by atoms with van der Waals surface area (Å²) in [5.74, 6) is -0.0951. The summed E-state index contributed by atoms with van der Waals surface area (Å²) >= 11 is 0. The summed E-state index contributed by atoms with van der Waals surface area (Å²) in [7, 11) is 1.62. The van der Waals surface area contributed by atoms with Crippen molar-refractivity contribution in [2.75, 3.05) is 44.0 Å². The Morgan fingerprint density at radius 1 is 1.39 bits per heavy atom. The number of nitrogen functional groups attached to an aromatic ring is 1. The molecule has 1 aromatic carbocycles. The van der Waals surface area contributed by atoms with E-state index in [4.69, 9.17) is 10.5 Å². The van der Waals surface area contributed by atoms with Gasteiger partial charge in [-0.15, -0.1) is 0 Å². The fourth-order valence-corrected chi connectivity index (χ4v) is 2.09. The Kier molecular flexibility index (Phi) is 4.04. The van der Waals surface area contributed by atoms with E-state index in [0.717, 1.165) is 31.8 Å². The zero-order valence-corrected chi connectivity index (χ0v) is 10.6. The molecule has 98 valence electrons. The van der Waals surface area contributed by atoms with Crippen LogP contribution in [0.5, 0.6) is 0 Å². The number of carbonyl (C=O) groups is 1. The first-order valence-corrected chi connectivity index (χ1v) is 6.16. The van der Waals surface area contributed by atoms with Crippen molar-refractivity contribution in [1.82, 2.24) is 5.32 Å². The molecule has 18 heavy (non-hydrogen) atoms. The molecular formula is C13H19N3O2. The van der Waals surface area contributed by atoms with E-state index < -0.39 is 0 Å². The van der Waals surface area contributed by atoms with Crippen molar-refractivity contribution >= 4 is 17.3 Å². The molecule has 1 amide bonds. The van der Waals surface area contributed by atoms with E-state index in [0.29, 0.717) is 17.9 Å². The van der Waals surface area contributed by atoms with Crippen LogP contribution in [0, 0.1) is 0 Å². The first kappa shape index (κ1) is 12.7. The van der Waals surface area contributed by atoms with E-state index in [-0.39, 0.29) is 5.91 Å². The van der Waals surface area contributed by atoms with Crippen molar-refractivity contribution in [3.63, 3.8) is 0 Å². The fraction of sp³-hybridized carbons (Fsp3) is 0.462. The van der Waals surface area contributed by atoms with E-state index in [9.17, 15) is 4.79 Å². The summed E-state index contributed by atoms with van der Waals surface area (Å²) in [5, 5.41) is 2.62. The van der Waals surface area contributed by atoms with Crippen LogP contribution in [0.2, 0.25) is 0 Å². The predicted octanol–water partition coefficient (Wildman–Crippen LogP) is 0.855. The standard InChI is InChI=1S/C13H19N3O2/c1-15-13(17)10-3-4-11(14)12(9-10)16-5-2-7-18-8-6-16/h3-4,9H,2,5-8,14H2,1H3,(H,15,17). The van der Waals surface area contributed by atoms with Gasteiger partial charge in [0, 0.05) is 32.3 Å². The lowest BCUT2D eigenvalue weighted by atomic mass is 10.1. The molecule has 1 aliphatic heterocycles. The molecule has 1 heterocycles. The second kappa shape index (κ2) is 5.73. The lowest BCUT2D eigenvalue weighted by Crippen LogP contribution is -2.27. The Morgan fingerprint density at radius 3 is 3.00 bits per heavy atom. The summed E-state index contributed by atoms with van der Waals surface area (Å²) in [6.45, 7) is 3.19. The number of anilines is 2. The van der Waals surface area contributed by atoms with Crippen molar-refractivity contribution < 1.29 is 9.53 Å². The lowest BCUT2D eigenvalue weighted by Gasteiger charge is -2.24. The van der Waals surface area contributed by atoms with Gasteiger partial charge in [-0.25, -0.2) is 0 Å². The molecule has 1 aromatic rings. The van der Waals surface area contributed by atoms with Crippen LogP contribution in [0.3, 0.4) is 0 Å². The number of amides is 1. The smallest absolute Gasteiger partial charge is 0.251 e. The van der Waals surface area contributed by atoms with E-state index in [1.54, 1.807) is 19.2 Å². The summed E-state index contributed by atoms with van der Waals surface area (Å²) < 4.78 is 5.42. The maximum Gasteiger partial charge on any atom is 0.251 e. The fourth-order valence-electron chi connectivity index (χ4n) is 2.09. The normalized spacial score (nSPS) is 16.2. The molecule has 0 saturated carbocycles. The minimum Gasteiger partial charge on any atom is -0.397 e. The van der Waals surface area contributed by atoms with Crippen LogP contribution in [0.25, 0.3) is 0 Å². The van der Waals surface area contributed by atoms with Gasteiger partial charge in [0.15, 0.2) is 0 Å². The van der Waals surface area contributed by atoms with Gasteiger partial charge in [0.1, 0.15) is 0 Å². The number of nitrogens with one attached hydrogen (secondary N) is 1. The molecule has 3 N–H and O–H groups in total. The van der Waals surface area contributed by atoms with Crippen LogP contribution in [-0.2, 0) is 4.74 Å². The van der Waals surface area contributed by atoms with E-state index in [1.807, 2.05) is 6.07 Å². The average molecular weight is 249 g/mol. The number of ether oxygens (including phenoxy) is 1. The summed E-state index contributed by atoms with van der Waals surface area (Å²) in [4.78, 5) is 13.8. The molecule has 1 fully saturated rings. The zero-order chi connectivity index (χ0) is 13.0. The Labute approximate surface area is 107 Å². The number of rotatable bonds is 2. The second-order valence-electron chi connectivity index (χ2n) is 4.31. The van der Waals surface area contributed by atoms with Crippen LogP contribution in [-0.4, -0.2) is 39.3 Å². The Morgan fingerprint density at radius 2 is 2.22 bits per heavy atom. The second-order valence-corrected chi connectivity index (χ2v) is 4.31. The Balaban J connectivity index is 2.27. The van der Waals surface area contributed by atoms with Crippen molar-refractivity contribution in [3.05, 3.63) is 23.8 Å². The van der Waals surface area contributed by atoms with Gasteiger partial charge in [-0.3, -0.25) is 4.79 Å². The van der Waals surface area contributed by atoms with Crippen LogP contribution in [0.1, 0.15) is 16.8 Å². The molecule has 0 bridgehead atoms. The minimum atomic E-state index is -0.0951. The van der Waals surface area contributed by atoms with Gasteiger partial charge in [0.2, 0.25) is 0 Å². The van der Waals surface area contributed by atoms with Crippen molar-refractivity contribution in [2.24, 2.45) is 0 Å². The van der Waals surface area contributed by atoms with Crippen LogP contribution in [0.15, 0.2) is 18.2 Å². The van der Waals surface area contributed by atoms with E-state index in [1.165, 1.54) is 0 Å². The monoisotopic (exact) mass is 249 g/mol. The first-order chi connectivity index (χ1) is 8.72. The highest BCUT2D eigenvalue weighted by atomic mass is 16.5. The minimum absolute atomic E-state index is 0.0951. The molecule has 1 aliphatic rings.